The molecule has 1 fully saturated rings. The quantitative estimate of drug-likeness (QED) is 0.896. The van der Waals surface area contributed by atoms with Gasteiger partial charge in [-0.15, -0.1) is 12.4 Å². The molecule has 20 heavy (non-hydrogen) atoms. The molecule has 6 heteroatoms. The highest BCUT2D eigenvalue weighted by Crippen LogP contribution is 2.29. The fourth-order valence-corrected chi connectivity index (χ4v) is 3.01. The number of halogens is 1. The Hall–Kier alpha value is -1.07. The van der Waals surface area contributed by atoms with E-state index in [9.17, 15) is 4.79 Å². The zero-order chi connectivity index (χ0) is 13.4. The van der Waals surface area contributed by atoms with Crippen LogP contribution in [0.15, 0.2) is 0 Å². The summed E-state index contributed by atoms with van der Waals surface area (Å²) in [7, 11) is 0. The van der Waals surface area contributed by atoms with E-state index >= 15 is 0 Å². The molecule has 1 aromatic heterocycles. The minimum atomic E-state index is 0. The summed E-state index contributed by atoms with van der Waals surface area (Å²) in [4.78, 5) is 14.8. The lowest BCUT2D eigenvalue weighted by atomic mass is 9.90. The predicted octanol–water partition coefficient (Wildman–Crippen LogP) is 1.88. The Kier molecular flexibility index (Phi) is 4.70. The van der Waals surface area contributed by atoms with Crippen molar-refractivity contribution in [3.63, 3.8) is 0 Å². The maximum atomic E-state index is 12.8. The van der Waals surface area contributed by atoms with Crippen molar-refractivity contribution in [3.05, 3.63) is 17.0 Å². The third-order valence-corrected chi connectivity index (χ3v) is 4.27. The van der Waals surface area contributed by atoms with Crippen LogP contribution < -0.4 is 5.32 Å². The first-order valence-electron chi connectivity index (χ1n) is 7.28. The standard InChI is InChI=1S/C14H22N4O.ClH/c1-9(2)18(10-4-3-5-10)14(19)13-11-8-15-7-6-12(11)16-17-13;/h9-10,15H,3-8H2,1-2H3,(H,16,17);1H. The lowest BCUT2D eigenvalue weighted by molar-refractivity contribution is 0.0481. The highest BCUT2D eigenvalue weighted by Gasteiger charge is 2.34. The number of nitrogens with zero attached hydrogens (tertiary/aromatic N) is 2. The Balaban J connectivity index is 0.00000147. The fourth-order valence-electron chi connectivity index (χ4n) is 3.01. The third-order valence-electron chi connectivity index (χ3n) is 4.27. The van der Waals surface area contributed by atoms with Gasteiger partial charge in [-0.3, -0.25) is 9.89 Å². The molecule has 0 bridgehead atoms. The van der Waals surface area contributed by atoms with Crippen molar-refractivity contribution >= 4 is 18.3 Å². The van der Waals surface area contributed by atoms with Crippen molar-refractivity contribution in [1.82, 2.24) is 20.4 Å². The number of nitrogens with one attached hydrogen (secondary N) is 2. The predicted molar refractivity (Wildman–Crippen MR) is 80.2 cm³/mol. The van der Waals surface area contributed by atoms with E-state index in [1.165, 1.54) is 6.42 Å². The van der Waals surface area contributed by atoms with Gasteiger partial charge >= 0.3 is 0 Å². The monoisotopic (exact) mass is 298 g/mol. The molecule has 1 saturated carbocycles. The number of amides is 1. The van der Waals surface area contributed by atoms with Crippen molar-refractivity contribution in [2.45, 2.75) is 58.2 Å². The van der Waals surface area contributed by atoms with E-state index in [-0.39, 0.29) is 24.4 Å². The van der Waals surface area contributed by atoms with Gasteiger partial charge in [0.15, 0.2) is 5.69 Å². The van der Waals surface area contributed by atoms with E-state index in [1.807, 2.05) is 4.90 Å². The van der Waals surface area contributed by atoms with Crippen LogP contribution in [0.2, 0.25) is 0 Å². The number of aromatic amines is 1. The maximum Gasteiger partial charge on any atom is 0.275 e. The van der Waals surface area contributed by atoms with Gasteiger partial charge in [0, 0.05) is 42.9 Å². The average molecular weight is 299 g/mol. The second-order valence-electron chi connectivity index (χ2n) is 5.85. The zero-order valence-corrected chi connectivity index (χ0v) is 12.9. The van der Waals surface area contributed by atoms with Gasteiger partial charge in [-0.2, -0.15) is 5.10 Å². The number of carbonyl (C=O) groups is 1. The van der Waals surface area contributed by atoms with E-state index in [1.54, 1.807) is 0 Å². The van der Waals surface area contributed by atoms with Crippen LogP contribution >= 0.6 is 12.4 Å². The van der Waals surface area contributed by atoms with Crippen LogP contribution in [0, 0.1) is 0 Å². The van der Waals surface area contributed by atoms with Crippen LogP contribution in [0.25, 0.3) is 0 Å². The fraction of sp³-hybridized carbons (Fsp3) is 0.714. The zero-order valence-electron chi connectivity index (χ0n) is 12.1. The molecule has 0 spiro atoms. The number of rotatable bonds is 3. The van der Waals surface area contributed by atoms with Crippen LogP contribution in [0.5, 0.6) is 0 Å². The minimum Gasteiger partial charge on any atom is -0.332 e. The summed E-state index contributed by atoms with van der Waals surface area (Å²) < 4.78 is 0. The summed E-state index contributed by atoms with van der Waals surface area (Å²) in [6, 6.07) is 0.651. The molecule has 3 rings (SSSR count). The lowest BCUT2D eigenvalue weighted by Gasteiger charge is -2.40. The molecular formula is C14H23ClN4O. The summed E-state index contributed by atoms with van der Waals surface area (Å²) >= 11 is 0. The number of H-pyrrole nitrogens is 1. The number of hydrogen-bond donors (Lipinski definition) is 2. The van der Waals surface area contributed by atoms with Crippen molar-refractivity contribution in [1.29, 1.82) is 0 Å². The lowest BCUT2D eigenvalue weighted by Crippen LogP contribution is -2.48. The van der Waals surface area contributed by atoms with Gasteiger partial charge in [0.2, 0.25) is 0 Å². The Bertz CT molecular complexity index is 482. The summed E-state index contributed by atoms with van der Waals surface area (Å²) in [5, 5.41) is 10.6. The van der Waals surface area contributed by atoms with Gasteiger partial charge in [-0.05, 0) is 33.1 Å². The molecule has 2 N–H and O–H groups in total. The summed E-state index contributed by atoms with van der Waals surface area (Å²) in [5.74, 6) is 0.0981. The molecule has 0 atom stereocenters. The smallest absolute Gasteiger partial charge is 0.275 e. The summed E-state index contributed by atoms with van der Waals surface area (Å²) in [5.41, 5.74) is 2.82. The molecule has 0 saturated heterocycles. The topological polar surface area (TPSA) is 61.0 Å². The first-order chi connectivity index (χ1) is 9.18. The Morgan fingerprint density at radius 3 is 2.75 bits per heavy atom. The van der Waals surface area contributed by atoms with Crippen molar-refractivity contribution in [2.75, 3.05) is 6.54 Å². The summed E-state index contributed by atoms with van der Waals surface area (Å²) in [6.07, 6.45) is 4.44. The minimum absolute atomic E-state index is 0. The molecule has 0 aromatic carbocycles. The van der Waals surface area contributed by atoms with Gasteiger partial charge < -0.3 is 10.2 Å². The van der Waals surface area contributed by atoms with Gasteiger partial charge in [-0.25, -0.2) is 0 Å². The Morgan fingerprint density at radius 2 is 2.15 bits per heavy atom. The van der Waals surface area contributed by atoms with E-state index in [0.29, 0.717) is 11.7 Å². The van der Waals surface area contributed by atoms with Crippen LogP contribution in [-0.4, -0.2) is 39.6 Å². The van der Waals surface area contributed by atoms with Crippen molar-refractivity contribution in [2.24, 2.45) is 0 Å². The van der Waals surface area contributed by atoms with E-state index in [0.717, 1.165) is 43.6 Å². The Morgan fingerprint density at radius 1 is 1.40 bits per heavy atom. The number of hydrogen-bond acceptors (Lipinski definition) is 3. The molecule has 0 unspecified atom stereocenters. The third kappa shape index (κ3) is 2.56. The first kappa shape index (κ1) is 15.3. The highest BCUT2D eigenvalue weighted by molar-refractivity contribution is 5.94. The molecule has 1 amide bonds. The number of carbonyl (C=O) groups excluding carboxylic acids is 1. The van der Waals surface area contributed by atoms with Crippen LogP contribution in [-0.2, 0) is 13.0 Å². The largest absolute Gasteiger partial charge is 0.332 e. The SMILES string of the molecule is CC(C)N(C(=O)c1n[nH]c2c1CNCC2)C1CCC1.Cl. The maximum absolute atomic E-state index is 12.8. The van der Waals surface area contributed by atoms with Crippen LogP contribution in [0.4, 0.5) is 0 Å². The van der Waals surface area contributed by atoms with E-state index in [2.05, 4.69) is 29.4 Å². The average Bonchev–Trinajstić information content (AvgIpc) is 2.76. The molecule has 2 aliphatic rings. The molecule has 1 aromatic rings. The van der Waals surface area contributed by atoms with Crippen molar-refractivity contribution < 1.29 is 4.79 Å². The second kappa shape index (κ2) is 6.14. The van der Waals surface area contributed by atoms with Crippen LogP contribution in [0.3, 0.4) is 0 Å². The van der Waals surface area contributed by atoms with Gasteiger partial charge in [-0.1, -0.05) is 0 Å². The highest BCUT2D eigenvalue weighted by atomic mass is 35.5. The first-order valence-corrected chi connectivity index (χ1v) is 7.28. The molecule has 0 radical (unpaired) electrons. The normalized spacial score (nSPS) is 18.1. The number of aromatic nitrogens is 2. The Labute approximate surface area is 125 Å². The number of fused-ring (bicyclic) bond motifs is 1. The van der Waals surface area contributed by atoms with Crippen molar-refractivity contribution in [3.8, 4) is 0 Å². The van der Waals surface area contributed by atoms with Gasteiger partial charge in [0.1, 0.15) is 0 Å². The van der Waals surface area contributed by atoms with E-state index < -0.39 is 0 Å². The molecular weight excluding hydrogens is 276 g/mol. The van der Waals surface area contributed by atoms with Gasteiger partial charge in [0.05, 0.1) is 0 Å². The molecule has 1 aliphatic heterocycles. The van der Waals surface area contributed by atoms with Gasteiger partial charge in [0.25, 0.3) is 5.91 Å². The molecule has 1 aliphatic carbocycles. The second-order valence-corrected chi connectivity index (χ2v) is 5.85. The molecule has 2 heterocycles. The van der Waals surface area contributed by atoms with E-state index in [4.69, 9.17) is 0 Å². The molecule has 112 valence electrons. The molecule has 5 nitrogen and oxygen atoms in total. The van der Waals surface area contributed by atoms with Crippen LogP contribution in [0.1, 0.15) is 54.9 Å². The summed E-state index contributed by atoms with van der Waals surface area (Å²) in [6.45, 7) is 5.89.